The maximum atomic E-state index is 6.23. The Morgan fingerprint density at radius 2 is 2.04 bits per heavy atom. The van der Waals surface area contributed by atoms with Gasteiger partial charge >= 0.3 is 0 Å². The molecule has 2 aromatic rings. The number of ether oxygens (including phenoxy) is 1. The zero-order valence-corrected chi connectivity index (χ0v) is 13.6. The molecule has 5 nitrogen and oxygen atoms in total. The molecule has 5 rings (SSSR count). The molecule has 3 fully saturated rings. The summed E-state index contributed by atoms with van der Waals surface area (Å²) in [5, 5.41) is 0.387. The SMILES string of the molecule is Clc1cnc(OC2C3CCN(CC3)C2Cc2cccnc2)cn1. The summed E-state index contributed by atoms with van der Waals surface area (Å²) in [6.07, 6.45) is 10.4. The zero-order chi connectivity index (χ0) is 15.6. The first kappa shape index (κ1) is 14.8. The van der Waals surface area contributed by atoms with Crippen LogP contribution in [0.25, 0.3) is 0 Å². The largest absolute Gasteiger partial charge is 0.471 e. The summed E-state index contributed by atoms with van der Waals surface area (Å²) in [6, 6.07) is 4.49. The molecule has 3 aliphatic rings. The van der Waals surface area contributed by atoms with Crippen molar-refractivity contribution >= 4 is 11.6 Å². The molecule has 3 saturated heterocycles. The minimum absolute atomic E-state index is 0.146. The lowest BCUT2D eigenvalue weighted by Gasteiger charge is -2.50. The van der Waals surface area contributed by atoms with E-state index in [2.05, 4.69) is 25.9 Å². The Labute approximate surface area is 140 Å². The van der Waals surface area contributed by atoms with Crippen LogP contribution in [0.15, 0.2) is 36.9 Å². The van der Waals surface area contributed by atoms with Gasteiger partial charge in [-0.25, -0.2) is 9.97 Å². The van der Waals surface area contributed by atoms with E-state index in [1.165, 1.54) is 24.6 Å². The fourth-order valence-corrected chi connectivity index (χ4v) is 3.88. The summed E-state index contributed by atoms with van der Waals surface area (Å²) < 4.78 is 6.23. The first-order valence-corrected chi connectivity index (χ1v) is 8.44. The fraction of sp³-hybridized carbons (Fsp3) is 0.471. The molecule has 0 N–H and O–H groups in total. The third-order valence-electron chi connectivity index (χ3n) is 4.91. The second-order valence-electron chi connectivity index (χ2n) is 6.27. The average molecular weight is 331 g/mol. The lowest BCUT2D eigenvalue weighted by Crippen LogP contribution is -2.60. The molecule has 2 aromatic heterocycles. The Bertz CT molecular complexity index is 643. The number of pyridine rings is 1. The Hall–Kier alpha value is -1.72. The van der Waals surface area contributed by atoms with Gasteiger partial charge in [-0.05, 0) is 49.9 Å². The lowest BCUT2D eigenvalue weighted by molar-refractivity contribution is -0.0597. The summed E-state index contributed by atoms with van der Waals surface area (Å²) in [6.45, 7) is 2.31. The molecule has 2 atom stereocenters. The van der Waals surface area contributed by atoms with Gasteiger partial charge in [-0.3, -0.25) is 9.88 Å². The minimum Gasteiger partial charge on any atom is -0.471 e. The molecule has 0 amide bonds. The van der Waals surface area contributed by atoms with Gasteiger partial charge in [0.15, 0.2) is 0 Å². The van der Waals surface area contributed by atoms with Crippen LogP contribution in [0.2, 0.25) is 5.15 Å². The highest BCUT2D eigenvalue weighted by Crippen LogP contribution is 2.36. The number of hydrogen-bond acceptors (Lipinski definition) is 5. The van der Waals surface area contributed by atoms with E-state index in [0.717, 1.165) is 19.5 Å². The van der Waals surface area contributed by atoms with Crippen LogP contribution in [-0.4, -0.2) is 45.1 Å². The molecule has 0 saturated carbocycles. The molecule has 120 valence electrons. The second kappa shape index (κ2) is 6.42. The normalized spacial score (nSPS) is 29.4. The smallest absolute Gasteiger partial charge is 0.232 e. The van der Waals surface area contributed by atoms with Crippen LogP contribution in [0.4, 0.5) is 0 Å². The van der Waals surface area contributed by atoms with Crippen LogP contribution in [0.3, 0.4) is 0 Å². The van der Waals surface area contributed by atoms with Gasteiger partial charge in [-0.2, -0.15) is 0 Å². The van der Waals surface area contributed by atoms with Crippen molar-refractivity contribution in [1.82, 2.24) is 19.9 Å². The molecule has 0 aromatic carbocycles. The number of nitrogens with zero attached hydrogens (tertiary/aromatic N) is 4. The van der Waals surface area contributed by atoms with E-state index in [1.807, 2.05) is 18.5 Å². The summed E-state index contributed by atoms with van der Waals surface area (Å²) in [4.78, 5) is 15.1. The predicted molar refractivity (Wildman–Crippen MR) is 87.5 cm³/mol. The lowest BCUT2D eigenvalue weighted by atomic mass is 9.78. The molecule has 3 aliphatic heterocycles. The topological polar surface area (TPSA) is 51.1 Å². The van der Waals surface area contributed by atoms with Crippen LogP contribution >= 0.6 is 11.6 Å². The van der Waals surface area contributed by atoms with Crippen molar-refractivity contribution in [2.24, 2.45) is 5.92 Å². The molecule has 5 heterocycles. The summed E-state index contributed by atoms with van der Waals surface area (Å²) in [5.41, 5.74) is 1.25. The molecular weight excluding hydrogens is 312 g/mol. The van der Waals surface area contributed by atoms with Crippen molar-refractivity contribution in [3.63, 3.8) is 0 Å². The van der Waals surface area contributed by atoms with Gasteiger partial charge in [-0.15, -0.1) is 0 Å². The van der Waals surface area contributed by atoms with Crippen LogP contribution in [0.1, 0.15) is 18.4 Å². The molecule has 2 unspecified atom stereocenters. The second-order valence-corrected chi connectivity index (χ2v) is 6.65. The maximum absolute atomic E-state index is 6.23. The van der Waals surface area contributed by atoms with Crippen molar-refractivity contribution in [1.29, 1.82) is 0 Å². The van der Waals surface area contributed by atoms with Crippen LogP contribution < -0.4 is 4.74 Å². The van der Waals surface area contributed by atoms with Crippen molar-refractivity contribution < 1.29 is 4.74 Å². The van der Waals surface area contributed by atoms with Crippen molar-refractivity contribution in [3.8, 4) is 5.88 Å². The monoisotopic (exact) mass is 330 g/mol. The molecule has 0 spiro atoms. The molecule has 6 heteroatoms. The molecule has 0 aliphatic carbocycles. The summed E-state index contributed by atoms with van der Waals surface area (Å²) >= 11 is 5.81. The van der Waals surface area contributed by atoms with Crippen LogP contribution in [-0.2, 0) is 6.42 Å². The van der Waals surface area contributed by atoms with Crippen molar-refractivity contribution in [3.05, 3.63) is 47.6 Å². The van der Waals surface area contributed by atoms with Gasteiger partial charge in [-0.1, -0.05) is 17.7 Å². The van der Waals surface area contributed by atoms with E-state index in [0.29, 0.717) is 23.0 Å². The maximum Gasteiger partial charge on any atom is 0.232 e. The third kappa shape index (κ3) is 3.16. The minimum atomic E-state index is 0.146. The van der Waals surface area contributed by atoms with Crippen LogP contribution in [0, 0.1) is 5.92 Å². The van der Waals surface area contributed by atoms with Crippen molar-refractivity contribution in [2.45, 2.75) is 31.4 Å². The Morgan fingerprint density at radius 1 is 1.17 bits per heavy atom. The average Bonchev–Trinajstić information content (AvgIpc) is 2.61. The fourth-order valence-electron chi connectivity index (χ4n) is 3.78. The predicted octanol–water partition coefficient (Wildman–Crippen LogP) is 2.61. The molecule has 2 bridgehead atoms. The van der Waals surface area contributed by atoms with E-state index in [-0.39, 0.29) is 6.10 Å². The number of halogens is 1. The first-order valence-electron chi connectivity index (χ1n) is 8.07. The van der Waals surface area contributed by atoms with E-state index < -0.39 is 0 Å². The quantitative estimate of drug-likeness (QED) is 0.862. The van der Waals surface area contributed by atoms with Gasteiger partial charge in [0.2, 0.25) is 5.88 Å². The van der Waals surface area contributed by atoms with E-state index in [1.54, 1.807) is 6.20 Å². The van der Waals surface area contributed by atoms with Gasteiger partial charge < -0.3 is 4.74 Å². The standard InChI is InChI=1S/C17H19ClN4O/c18-15-10-21-16(11-20-15)23-17-13-3-6-22(7-4-13)14(17)8-12-2-1-5-19-9-12/h1-2,5,9-11,13-14,17H,3-4,6-8H2. The van der Waals surface area contributed by atoms with E-state index >= 15 is 0 Å². The number of hydrogen-bond donors (Lipinski definition) is 0. The van der Waals surface area contributed by atoms with Gasteiger partial charge in [0.25, 0.3) is 0 Å². The van der Waals surface area contributed by atoms with Gasteiger partial charge in [0, 0.05) is 12.4 Å². The summed E-state index contributed by atoms with van der Waals surface area (Å²) in [7, 11) is 0. The number of rotatable bonds is 4. The molecule has 23 heavy (non-hydrogen) atoms. The van der Waals surface area contributed by atoms with E-state index in [9.17, 15) is 0 Å². The highest BCUT2D eigenvalue weighted by Gasteiger charge is 2.43. The van der Waals surface area contributed by atoms with Gasteiger partial charge in [0.05, 0.1) is 18.4 Å². The Balaban J connectivity index is 1.55. The number of fused-ring (bicyclic) bond motifs is 3. The van der Waals surface area contributed by atoms with Gasteiger partial charge in [0.1, 0.15) is 11.3 Å². The third-order valence-corrected chi connectivity index (χ3v) is 5.10. The zero-order valence-electron chi connectivity index (χ0n) is 12.8. The first-order chi connectivity index (χ1) is 11.3. The molecule has 0 radical (unpaired) electrons. The Kier molecular flexibility index (Phi) is 4.14. The highest BCUT2D eigenvalue weighted by atomic mass is 35.5. The highest BCUT2D eigenvalue weighted by molar-refractivity contribution is 6.29. The molecular formula is C17H19ClN4O. The van der Waals surface area contributed by atoms with Crippen LogP contribution in [0.5, 0.6) is 5.88 Å². The Morgan fingerprint density at radius 3 is 2.74 bits per heavy atom. The number of piperidine rings is 3. The summed E-state index contributed by atoms with van der Waals surface area (Å²) in [5.74, 6) is 1.14. The number of aromatic nitrogens is 3. The van der Waals surface area contributed by atoms with Crippen molar-refractivity contribution in [2.75, 3.05) is 13.1 Å². The van der Waals surface area contributed by atoms with E-state index in [4.69, 9.17) is 16.3 Å².